The number of piperazine rings is 1. The van der Waals surface area contributed by atoms with Crippen LogP contribution in [0.25, 0.3) is 11.0 Å². The molecule has 2 aromatic carbocycles. The van der Waals surface area contributed by atoms with Gasteiger partial charge in [-0.1, -0.05) is 25.5 Å². The van der Waals surface area contributed by atoms with Gasteiger partial charge in [0.05, 0.1) is 28.0 Å². The van der Waals surface area contributed by atoms with Crippen molar-refractivity contribution in [2.24, 2.45) is 5.14 Å². The number of rotatable bonds is 7. The lowest BCUT2D eigenvalue weighted by Gasteiger charge is -2.34. The van der Waals surface area contributed by atoms with Gasteiger partial charge < -0.3 is 9.47 Å². The number of carbonyl (C=O) groups is 1. The minimum absolute atomic E-state index is 0.0435. The molecule has 1 aliphatic heterocycles. The average Bonchev–Trinajstić information content (AvgIpc) is 3.13. The van der Waals surface area contributed by atoms with Gasteiger partial charge >= 0.3 is 0 Å². The molecule has 8 nitrogen and oxygen atoms in total. The van der Waals surface area contributed by atoms with E-state index in [0.29, 0.717) is 38.2 Å². The van der Waals surface area contributed by atoms with E-state index in [0.717, 1.165) is 30.7 Å². The van der Waals surface area contributed by atoms with E-state index >= 15 is 0 Å². The lowest BCUT2D eigenvalue weighted by molar-refractivity contribution is 0.0619. The van der Waals surface area contributed by atoms with Crippen LogP contribution in [0.2, 0.25) is 0 Å². The number of benzene rings is 2. The molecule has 0 radical (unpaired) electrons. The Hall–Kier alpha value is -2.82. The van der Waals surface area contributed by atoms with Crippen molar-refractivity contribution < 1.29 is 17.6 Å². The Balaban J connectivity index is 1.50. The van der Waals surface area contributed by atoms with E-state index in [4.69, 9.17) is 10.1 Å². The number of aryl methyl sites for hydroxylation is 1. The quantitative estimate of drug-likeness (QED) is 0.568. The van der Waals surface area contributed by atoms with Crippen LogP contribution in [-0.4, -0.2) is 59.9 Å². The molecule has 4 rings (SSSR count). The van der Waals surface area contributed by atoms with Gasteiger partial charge in [-0.15, -0.1) is 0 Å². The Labute approximate surface area is 192 Å². The van der Waals surface area contributed by atoms with E-state index in [-0.39, 0.29) is 16.4 Å². The third-order valence-corrected chi connectivity index (χ3v) is 6.90. The fraction of sp³-hybridized carbons (Fsp3) is 0.391. The number of amides is 1. The molecule has 1 amide bonds. The minimum atomic E-state index is -3.81. The van der Waals surface area contributed by atoms with Crippen LogP contribution in [0.4, 0.5) is 4.39 Å². The summed E-state index contributed by atoms with van der Waals surface area (Å²) in [5.74, 6) is 0.0470. The van der Waals surface area contributed by atoms with Gasteiger partial charge in [-0.05, 0) is 36.8 Å². The second kappa shape index (κ2) is 9.58. The summed E-state index contributed by atoms with van der Waals surface area (Å²) in [6.45, 7) is 5.74. The molecule has 1 aromatic heterocycles. The number of hydrogen-bond donors (Lipinski definition) is 1. The number of carbonyl (C=O) groups excluding carboxylic acids is 1. The van der Waals surface area contributed by atoms with Gasteiger partial charge in [-0.2, -0.15) is 0 Å². The summed E-state index contributed by atoms with van der Waals surface area (Å²) < 4.78 is 39.6. The first kappa shape index (κ1) is 23.3. The van der Waals surface area contributed by atoms with Gasteiger partial charge in [0, 0.05) is 32.7 Å². The molecular formula is C23H28FN5O3S. The number of nitrogens with two attached hydrogens (primary N) is 1. The van der Waals surface area contributed by atoms with Crippen LogP contribution in [-0.2, 0) is 23.1 Å². The summed E-state index contributed by atoms with van der Waals surface area (Å²) in [5.41, 5.74) is 1.57. The molecule has 10 heteroatoms. The molecule has 0 unspecified atom stereocenters. The summed E-state index contributed by atoms with van der Waals surface area (Å²) in [7, 11) is -3.81. The predicted octanol–water partition coefficient (Wildman–Crippen LogP) is 2.58. The molecule has 3 aromatic rings. The third-order valence-electron chi connectivity index (χ3n) is 5.99. The SMILES string of the molecule is CCCCn1c(CN2CCN(C(=O)c3ccccc3F)CC2)nc2cc(S(N)(=O)=O)ccc21. The van der Waals surface area contributed by atoms with Crippen LogP contribution in [0, 0.1) is 5.82 Å². The van der Waals surface area contributed by atoms with Crippen LogP contribution in [0.1, 0.15) is 35.9 Å². The Morgan fingerprint density at radius 2 is 1.85 bits per heavy atom. The van der Waals surface area contributed by atoms with Gasteiger partial charge in [0.2, 0.25) is 10.0 Å². The Morgan fingerprint density at radius 3 is 2.52 bits per heavy atom. The minimum Gasteiger partial charge on any atom is -0.336 e. The lowest BCUT2D eigenvalue weighted by Crippen LogP contribution is -2.48. The number of fused-ring (bicyclic) bond motifs is 1. The van der Waals surface area contributed by atoms with Crippen molar-refractivity contribution in [3.8, 4) is 0 Å². The zero-order valence-corrected chi connectivity index (χ0v) is 19.4. The van der Waals surface area contributed by atoms with E-state index in [1.165, 1.54) is 24.3 Å². The molecule has 0 aliphatic carbocycles. The second-order valence-corrected chi connectivity index (χ2v) is 9.84. The van der Waals surface area contributed by atoms with Gasteiger partial charge in [0.15, 0.2) is 0 Å². The molecule has 0 spiro atoms. The van der Waals surface area contributed by atoms with E-state index in [1.807, 2.05) is 0 Å². The zero-order valence-electron chi connectivity index (χ0n) is 18.6. The van der Waals surface area contributed by atoms with Gasteiger partial charge in [0.25, 0.3) is 5.91 Å². The summed E-state index contributed by atoms with van der Waals surface area (Å²) in [6.07, 6.45) is 1.99. The third kappa shape index (κ3) is 5.07. The molecular weight excluding hydrogens is 445 g/mol. The largest absolute Gasteiger partial charge is 0.336 e. The number of imidazole rings is 1. The number of unbranched alkanes of at least 4 members (excludes halogenated alkanes) is 1. The van der Waals surface area contributed by atoms with Gasteiger partial charge in [-0.3, -0.25) is 9.69 Å². The fourth-order valence-electron chi connectivity index (χ4n) is 4.14. The van der Waals surface area contributed by atoms with E-state index in [2.05, 4.69) is 16.4 Å². The van der Waals surface area contributed by atoms with Crippen molar-refractivity contribution in [2.45, 2.75) is 37.8 Å². The van der Waals surface area contributed by atoms with E-state index in [1.54, 1.807) is 23.1 Å². The van der Waals surface area contributed by atoms with Crippen molar-refractivity contribution in [3.05, 3.63) is 59.7 Å². The van der Waals surface area contributed by atoms with E-state index < -0.39 is 15.8 Å². The number of primary sulfonamides is 1. The highest BCUT2D eigenvalue weighted by molar-refractivity contribution is 7.89. The Kier molecular flexibility index (Phi) is 6.78. The first-order valence-electron chi connectivity index (χ1n) is 11.1. The maximum Gasteiger partial charge on any atom is 0.256 e. The van der Waals surface area contributed by atoms with Crippen molar-refractivity contribution in [3.63, 3.8) is 0 Å². The predicted molar refractivity (Wildman–Crippen MR) is 124 cm³/mol. The molecule has 0 atom stereocenters. The summed E-state index contributed by atoms with van der Waals surface area (Å²) in [4.78, 5) is 21.3. The number of sulfonamides is 1. The molecule has 0 bridgehead atoms. The molecule has 33 heavy (non-hydrogen) atoms. The van der Waals surface area contributed by atoms with Gasteiger partial charge in [-0.25, -0.2) is 22.9 Å². The smallest absolute Gasteiger partial charge is 0.256 e. The molecule has 1 saturated heterocycles. The van der Waals surface area contributed by atoms with Crippen molar-refractivity contribution in [1.82, 2.24) is 19.4 Å². The van der Waals surface area contributed by atoms with Crippen LogP contribution >= 0.6 is 0 Å². The first-order valence-corrected chi connectivity index (χ1v) is 12.6. The first-order chi connectivity index (χ1) is 15.8. The van der Waals surface area contributed by atoms with Crippen LogP contribution in [0.5, 0.6) is 0 Å². The number of halogens is 1. The Bertz CT molecular complexity index is 1270. The molecule has 176 valence electrons. The highest BCUT2D eigenvalue weighted by atomic mass is 32.2. The monoisotopic (exact) mass is 473 g/mol. The van der Waals surface area contributed by atoms with Crippen LogP contribution < -0.4 is 5.14 Å². The second-order valence-electron chi connectivity index (χ2n) is 8.28. The summed E-state index contributed by atoms with van der Waals surface area (Å²) in [5, 5.41) is 5.28. The molecule has 1 fully saturated rings. The van der Waals surface area contributed by atoms with Crippen LogP contribution in [0.15, 0.2) is 47.4 Å². The number of nitrogens with zero attached hydrogens (tertiary/aromatic N) is 4. The maximum absolute atomic E-state index is 14.0. The topological polar surface area (TPSA) is 102 Å². The fourth-order valence-corrected chi connectivity index (χ4v) is 4.67. The highest BCUT2D eigenvalue weighted by Crippen LogP contribution is 2.22. The molecule has 1 aliphatic rings. The Morgan fingerprint density at radius 1 is 1.12 bits per heavy atom. The summed E-state index contributed by atoms with van der Waals surface area (Å²) >= 11 is 0. The zero-order chi connectivity index (χ0) is 23.6. The normalized spacial score (nSPS) is 15.3. The van der Waals surface area contributed by atoms with Crippen molar-refractivity contribution in [2.75, 3.05) is 26.2 Å². The molecule has 2 N–H and O–H groups in total. The molecule has 2 heterocycles. The number of aromatic nitrogens is 2. The van der Waals surface area contributed by atoms with E-state index in [9.17, 15) is 17.6 Å². The average molecular weight is 474 g/mol. The van der Waals surface area contributed by atoms with Crippen molar-refractivity contribution >= 4 is 27.0 Å². The number of hydrogen-bond acceptors (Lipinski definition) is 5. The highest BCUT2D eigenvalue weighted by Gasteiger charge is 2.25. The van der Waals surface area contributed by atoms with Crippen LogP contribution in [0.3, 0.4) is 0 Å². The maximum atomic E-state index is 14.0. The van der Waals surface area contributed by atoms with Gasteiger partial charge in [0.1, 0.15) is 11.6 Å². The molecule has 0 saturated carbocycles. The van der Waals surface area contributed by atoms with Crippen molar-refractivity contribution in [1.29, 1.82) is 0 Å². The lowest BCUT2D eigenvalue weighted by atomic mass is 10.1. The summed E-state index contributed by atoms with van der Waals surface area (Å²) in [6, 6.07) is 10.8. The standard InChI is InChI=1S/C23H28FN5O3S/c1-2-3-10-29-21-9-8-17(33(25,31)32)15-20(21)26-22(29)16-27-11-13-28(14-12-27)23(30)18-6-4-5-7-19(18)24/h4-9,15H,2-3,10-14,16H2,1H3,(H2,25,31,32).